The summed E-state index contributed by atoms with van der Waals surface area (Å²) >= 11 is 3.35. The Morgan fingerprint density at radius 1 is 0.903 bits per heavy atom. The Morgan fingerprint density at radius 2 is 1.58 bits per heavy atom. The highest BCUT2D eigenvalue weighted by molar-refractivity contribution is 9.10. The number of aryl methyl sites for hydroxylation is 1. The van der Waals surface area contributed by atoms with E-state index >= 15 is 0 Å². The number of fused-ring (bicyclic) bond motifs is 1. The van der Waals surface area contributed by atoms with Crippen LogP contribution in [0.3, 0.4) is 0 Å². The molecule has 0 aliphatic carbocycles. The lowest BCUT2D eigenvalue weighted by Gasteiger charge is -2.14. The summed E-state index contributed by atoms with van der Waals surface area (Å²) in [6, 6.07) is 22.4. The van der Waals surface area contributed by atoms with Gasteiger partial charge in [-0.25, -0.2) is 9.78 Å². The molecule has 1 aromatic heterocycles. The molecule has 0 aliphatic heterocycles. The van der Waals surface area contributed by atoms with E-state index in [1.54, 1.807) is 24.3 Å². The minimum absolute atomic E-state index is 0.254. The molecule has 0 fully saturated rings. The second kappa shape index (κ2) is 8.82. The van der Waals surface area contributed by atoms with Gasteiger partial charge in [-0.05, 0) is 37.6 Å². The number of halogens is 1. The van der Waals surface area contributed by atoms with E-state index in [1.165, 1.54) is 0 Å². The molecule has 3 aromatic carbocycles. The maximum atomic E-state index is 13.1. The lowest BCUT2D eigenvalue weighted by Crippen LogP contribution is -2.16. The van der Waals surface area contributed by atoms with Crippen LogP contribution < -0.4 is 0 Å². The van der Waals surface area contributed by atoms with Gasteiger partial charge in [0.1, 0.15) is 0 Å². The highest BCUT2D eigenvalue weighted by Crippen LogP contribution is 2.30. The Labute approximate surface area is 189 Å². The van der Waals surface area contributed by atoms with E-state index in [0.29, 0.717) is 22.0 Å². The van der Waals surface area contributed by atoms with Crippen LogP contribution in [0.15, 0.2) is 77.3 Å². The van der Waals surface area contributed by atoms with Crippen LogP contribution >= 0.6 is 15.9 Å². The summed E-state index contributed by atoms with van der Waals surface area (Å²) in [5.74, 6) is -0.787. The predicted octanol–water partition coefficient (Wildman–Crippen LogP) is 6.32. The zero-order chi connectivity index (χ0) is 22.0. The molecule has 4 nitrogen and oxygen atoms in total. The molecule has 0 saturated carbocycles. The van der Waals surface area contributed by atoms with E-state index in [0.717, 1.165) is 26.9 Å². The summed E-state index contributed by atoms with van der Waals surface area (Å²) in [7, 11) is 0. The van der Waals surface area contributed by atoms with Gasteiger partial charge >= 0.3 is 5.97 Å². The Balaban J connectivity index is 1.69. The van der Waals surface area contributed by atoms with Gasteiger partial charge in [0.2, 0.25) is 0 Å². The average molecular weight is 474 g/mol. The van der Waals surface area contributed by atoms with Gasteiger partial charge in [0, 0.05) is 21.0 Å². The largest absolute Gasteiger partial charge is 0.454 e. The van der Waals surface area contributed by atoms with Gasteiger partial charge in [0.25, 0.3) is 0 Å². The van der Waals surface area contributed by atoms with Gasteiger partial charge in [-0.3, -0.25) is 4.79 Å². The molecule has 0 atom stereocenters. The van der Waals surface area contributed by atoms with Crippen LogP contribution in [0.25, 0.3) is 22.2 Å². The molecule has 0 saturated heterocycles. The lowest BCUT2D eigenvalue weighted by atomic mass is 9.97. The van der Waals surface area contributed by atoms with Crippen molar-refractivity contribution in [2.24, 2.45) is 0 Å². The zero-order valence-electron chi connectivity index (χ0n) is 17.2. The van der Waals surface area contributed by atoms with Gasteiger partial charge < -0.3 is 4.74 Å². The highest BCUT2D eigenvalue weighted by atomic mass is 79.9. The molecule has 4 rings (SSSR count). The molecule has 0 aliphatic rings. The third-order valence-electron chi connectivity index (χ3n) is 5.17. The van der Waals surface area contributed by atoms with Crippen LogP contribution in [0.5, 0.6) is 0 Å². The molecule has 0 unspecified atom stereocenters. The third-order valence-corrected chi connectivity index (χ3v) is 5.69. The molecular weight excluding hydrogens is 454 g/mol. The summed E-state index contributed by atoms with van der Waals surface area (Å²) in [6.45, 7) is 3.56. The highest BCUT2D eigenvalue weighted by Gasteiger charge is 2.21. The van der Waals surface area contributed by atoms with Crippen molar-refractivity contribution in [2.45, 2.75) is 13.8 Å². The first-order chi connectivity index (χ1) is 14.9. The number of para-hydroxylation sites is 1. The normalized spacial score (nSPS) is 10.8. The maximum absolute atomic E-state index is 13.1. The van der Waals surface area contributed by atoms with E-state index in [4.69, 9.17) is 9.72 Å². The minimum atomic E-state index is -0.532. The number of esters is 1. The van der Waals surface area contributed by atoms with Crippen LogP contribution in [0.2, 0.25) is 0 Å². The number of Topliss-reactive ketones (excluding diaryl/α,β-unsaturated/α-hetero) is 1. The summed E-state index contributed by atoms with van der Waals surface area (Å²) < 4.78 is 6.32. The summed E-state index contributed by atoms with van der Waals surface area (Å²) in [5, 5.41) is 0.706. The van der Waals surface area contributed by atoms with Crippen molar-refractivity contribution in [3.8, 4) is 11.3 Å². The standard InChI is InChI=1S/C26H20BrNO3/c1-16-7-9-19(10-8-16)25-17(2)24(21-5-3-4-6-22(21)28-25)26(30)31-15-23(29)18-11-13-20(27)14-12-18/h3-14H,15H2,1-2H3. The molecule has 0 amide bonds. The fourth-order valence-electron chi connectivity index (χ4n) is 3.49. The number of pyridine rings is 1. The first-order valence-electron chi connectivity index (χ1n) is 9.86. The molecule has 0 N–H and O–H groups in total. The molecule has 0 spiro atoms. The topological polar surface area (TPSA) is 56.3 Å². The Bertz CT molecular complexity index is 1280. The first-order valence-corrected chi connectivity index (χ1v) is 10.7. The minimum Gasteiger partial charge on any atom is -0.454 e. The summed E-state index contributed by atoms with van der Waals surface area (Å²) in [5.41, 5.74) is 5.16. The fraction of sp³-hybridized carbons (Fsp3) is 0.115. The van der Waals surface area contributed by atoms with Crippen molar-refractivity contribution in [1.29, 1.82) is 0 Å². The number of ether oxygens (including phenoxy) is 1. The monoisotopic (exact) mass is 473 g/mol. The lowest BCUT2D eigenvalue weighted by molar-refractivity contribution is 0.0476. The Kier molecular flexibility index (Phi) is 5.96. The molecular formula is C26H20BrNO3. The maximum Gasteiger partial charge on any atom is 0.339 e. The summed E-state index contributed by atoms with van der Waals surface area (Å²) in [4.78, 5) is 30.3. The predicted molar refractivity (Wildman–Crippen MR) is 125 cm³/mol. The number of hydrogen-bond acceptors (Lipinski definition) is 4. The average Bonchev–Trinajstić information content (AvgIpc) is 2.78. The SMILES string of the molecule is Cc1ccc(-c2nc3ccccc3c(C(=O)OCC(=O)c3ccc(Br)cc3)c2C)cc1. The molecule has 5 heteroatoms. The molecule has 0 bridgehead atoms. The van der Waals surface area contributed by atoms with Crippen molar-refractivity contribution in [3.63, 3.8) is 0 Å². The van der Waals surface area contributed by atoms with Gasteiger partial charge in [0.05, 0.1) is 16.8 Å². The van der Waals surface area contributed by atoms with E-state index in [2.05, 4.69) is 15.9 Å². The molecule has 31 heavy (non-hydrogen) atoms. The number of rotatable bonds is 5. The number of hydrogen-bond donors (Lipinski definition) is 0. The van der Waals surface area contributed by atoms with Crippen molar-refractivity contribution in [2.75, 3.05) is 6.61 Å². The Hall–Kier alpha value is -3.31. The van der Waals surface area contributed by atoms with Crippen molar-refractivity contribution in [1.82, 2.24) is 4.98 Å². The smallest absolute Gasteiger partial charge is 0.339 e. The van der Waals surface area contributed by atoms with Crippen LogP contribution in [0.4, 0.5) is 0 Å². The van der Waals surface area contributed by atoms with Gasteiger partial charge in [0.15, 0.2) is 12.4 Å². The second-order valence-electron chi connectivity index (χ2n) is 7.35. The van der Waals surface area contributed by atoms with Crippen LogP contribution in [-0.2, 0) is 4.74 Å². The van der Waals surface area contributed by atoms with Gasteiger partial charge in [-0.1, -0.05) is 76.1 Å². The van der Waals surface area contributed by atoms with Crippen LogP contribution in [-0.4, -0.2) is 23.3 Å². The number of ketones is 1. The molecule has 0 radical (unpaired) electrons. The first kappa shape index (κ1) is 20.9. The van der Waals surface area contributed by atoms with Crippen LogP contribution in [0.1, 0.15) is 31.8 Å². The Morgan fingerprint density at radius 3 is 2.29 bits per heavy atom. The number of benzene rings is 3. The molecule has 1 heterocycles. The summed E-state index contributed by atoms with van der Waals surface area (Å²) in [6.07, 6.45) is 0. The zero-order valence-corrected chi connectivity index (χ0v) is 18.8. The van der Waals surface area contributed by atoms with Crippen LogP contribution in [0, 0.1) is 13.8 Å². The van der Waals surface area contributed by atoms with Crippen molar-refractivity contribution >= 4 is 38.6 Å². The fourth-order valence-corrected chi connectivity index (χ4v) is 3.75. The van der Waals surface area contributed by atoms with Gasteiger partial charge in [-0.15, -0.1) is 0 Å². The third kappa shape index (κ3) is 4.42. The van der Waals surface area contributed by atoms with Gasteiger partial charge in [-0.2, -0.15) is 0 Å². The van der Waals surface area contributed by atoms with Crippen molar-refractivity contribution < 1.29 is 14.3 Å². The number of nitrogens with zero attached hydrogens (tertiary/aromatic N) is 1. The second-order valence-corrected chi connectivity index (χ2v) is 8.27. The number of carbonyl (C=O) groups is 2. The van der Waals surface area contributed by atoms with E-state index in [9.17, 15) is 9.59 Å². The van der Waals surface area contributed by atoms with E-state index < -0.39 is 5.97 Å². The number of carbonyl (C=O) groups excluding carboxylic acids is 2. The molecule has 154 valence electrons. The van der Waals surface area contributed by atoms with E-state index in [-0.39, 0.29) is 12.4 Å². The van der Waals surface area contributed by atoms with Crippen molar-refractivity contribution in [3.05, 3.63) is 99.5 Å². The van der Waals surface area contributed by atoms with E-state index in [1.807, 2.05) is 62.4 Å². The number of aromatic nitrogens is 1. The quantitative estimate of drug-likeness (QED) is 0.251. The molecule has 4 aromatic rings.